The van der Waals surface area contributed by atoms with Crippen molar-refractivity contribution < 1.29 is 14.3 Å². The highest BCUT2D eigenvalue weighted by molar-refractivity contribution is 5.78. The van der Waals surface area contributed by atoms with E-state index in [2.05, 4.69) is 10.2 Å². The molecule has 7 heteroatoms. The van der Waals surface area contributed by atoms with Crippen LogP contribution in [0.4, 0.5) is 4.79 Å². The molecular weight excluding hydrogens is 284 g/mol. The Morgan fingerprint density at radius 1 is 1.27 bits per heavy atom. The number of nitrogens with one attached hydrogen (secondary N) is 1. The van der Waals surface area contributed by atoms with Crippen molar-refractivity contribution in [1.29, 1.82) is 0 Å². The maximum atomic E-state index is 12.1. The van der Waals surface area contributed by atoms with Crippen LogP contribution in [0.2, 0.25) is 0 Å². The van der Waals surface area contributed by atoms with Crippen molar-refractivity contribution in [2.24, 2.45) is 5.73 Å². The molecule has 1 saturated heterocycles. The van der Waals surface area contributed by atoms with E-state index >= 15 is 0 Å². The Morgan fingerprint density at radius 2 is 1.95 bits per heavy atom. The number of ether oxygens (including phenoxy) is 1. The van der Waals surface area contributed by atoms with Crippen LogP contribution >= 0.6 is 0 Å². The molecule has 1 unspecified atom stereocenters. The van der Waals surface area contributed by atoms with Crippen LogP contribution in [-0.4, -0.2) is 72.2 Å². The zero-order chi connectivity index (χ0) is 16.3. The molecule has 1 atom stereocenters. The van der Waals surface area contributed by atoms with Crippen molar-refractivity contribution in [2.45, 2.75) is 51.3 Å². The third-order valence-corrected chi connectivity index (χ3v) is 3.82. The molecule has 0 bridgehead atoms. The van der Waals surface area contributed by atoms with Gasteiger partial charge in [-0.2, -0.15) is 0 Å². The van der Waals surface area contributed by atoms with Crippen LogP contribution in [0.1, 0.15) is 33.6 Å². The van der Waals surface area contributed by atoms with Gasteiger partial charge in [0.15, 0.2) is 0 Å². The summed E-state index contributed by atoms with van der Waals surface area (Å²) in [4.78, 5) is 27.8. The maximum absolute atomic E-state index is 12.1. The number of piperazine rings is 1. The Morgan fingerprint density at radius 3 is 2.50 bits per heavy atom. The third kappa shape index (κ3) is 5.14. The van der Waals surface area contributed by atoms with Gasteiger partial charge >= 0.3 is 6.09 Å². The molecular formula is C15H28N4O3. The lowest BCUT2D eigenvalue weighted by atomic mass is 10.1. The summed E-state index contributed by atoms with van der Waals surface area (Å²) in [5.41, 5.74) is 5.32. The largest absolute Gasteiger partial charge is 0.444 e. The molecule has 0 aromatic heterocycles. The summed E-state index contributed by atoms with van der Waals surface area (Å²) in [6.07, 6.45) is 1.85. The summed E-state index contributed by atoms with van der Waals surface area (Å²) in [5, 5.41) is 2.98. The summed E-state index contributed by atoms with van der Waals surface area (Å²) in [5.74, 6) is 0.0478. The van der Waals surface area contributed by atoms with Gasteiger partial charge in [0.25, 0.3) is 0 Å². The number of carbonyl (C=O) groups is 2. The first kappa shape index (κ1) is 17.0. The minimum Gasteiger partial charge on any atom is -0.444 e. The van der Waals surface area contributed by atoms with Crippen LogP contribution in [0.25, 0.3) is 0 Å². The highest BCUT2D eigenvalue weighted by atomic mass is 16.6. The van der Waals surface area contributed by atoms with Crippen LogP contribution in [0.15, 0.2) is 0 Å². The topological polar surface area (TPSA) is 87.9 Å². The van der Waals surface area contributed by atoms with E-state index in [4.69, 9.17) is 10.5 Å². The molecule has 2 amide bonds. The van der Waals surface area contributed by atoms with Crippen LogP contribution < -0.4 is 11.1 Å². The molecule has 1 aliphatic heterocycles. The zero-order valence-corrected chi connectivity index (χ0v) is 13.8. The highest BCUT2D eigenvalue weighted by Crippen LogP contribution is 2.19. The fourth-order valence-corrected chi connectivity index (χ4v) is 2.50. The Balaban J connectivity index is 1.84. The molecule has 2 rings (SSSR count). The summed E-state index contributed by atoms with van der Waals surface area (Å²) < 4.78 is 5.40. The van der Waals surface area contributed by atoms with Gasteiger partial charge in [-0.05, 0) is 33.6 Å². The van der Waals surface area contributed by atoms with E-state index in [0.29, 0.717) is 38.8 Å². The summed E-state index contributed by atoms with van der Waals surface area (Å²) in [6, 6.07) is 0.359. The lowest BCUT2D eigenvalue weighted by molar-refractivity contribution is -0.123. The van der Waals surface area contributed by atoms with Crippen molar-refractivity contribution in [3.8, 4) is 0 Å². The van der Waals surface area contributed by atoms with E-state index in [1.807, 2.05) is 20.8 Å². The smallest absolute Gasteiger partial charge is 0.410 e. The zero-order valence-electron chi connectivity index (χ0n) is 13.8. The molecule has 22 heavy (non-hydrogen) atoms. The fourth-order valence-electron chi connectivity index (χ4n) is 2.50. The summed E-state index contributed by atoms with van der Waals surface area (Å²) in [6.45, 7) is 8.01. The van der Waals surface area contributed by atoms with Gasteiger partial charge in [0.2, 0.25) is 5.91 Å². The number of nitrogens with zero attached hydrogens (tertiary/aromatic N) is 2. The normalized spacial score (nSPS) is 23.3. The minimum atomic E-state index is -0.503. The van der Waals surface area contributed by atoms with E-state index in [-0.39, 0.29) is 18.0 Å². The Kier molecular flexibility index (Phi) is 5.28. The van der Waals surface area contributed by atoms with E-state index in [1.54, 1.807) is 4.90 Å². The molecule has 126 valence electrons. The first-order valence-electron chi connectivity index (χ1n) is 8.00. The molecule has 2 fully saturated rings. The minimum absolute atomic E-state index is 0.00813. The van der Waals surface area contributed by atoms with Gasteiger partial charge in [-0.1, -0.05) is 0 Å². The molecule has 0 aromatic rings. The number of hydrogen-bond acceptors (Lipinski definition) is 5. The molecule has 0 radical (unpaired) electrons. The SMILES string of the molecule is CC(C)(C)OC(=O)N1CCN(CC(=O)NC2CC2)C(CN)C1. The summed E-state index contributed by atoms with van der Waals surface area (Å²) >= 11 is 0. The van der Waals surface area contributed by atoms with Gasteiger partial charge in [0.1, 0.15) is 5.60 Å². The second kappa shape index (κ2) is 6.83. The molecule has 7 nitrogen and oxygen atoms in total. The standard InChI is InChI=1S/C15H28N4O3/c1-15(2,3)22-14(21)19-7-6-18(12(8-16)9-19)10-13(20)17-11-4-5-11/h11-12H,4-10,16H2,1-3H3,(H,17,20). The molecule has 0 spiro atoms. The van der Waals surface area contributed by atoms with E-state index in [0.717, 1.165) is 12.8 Å². The van der Waals surface area contributed by atoms with E-state index < -0.39 is 5.60 Å². The molecule has 1 aliphatic carbocycles. The number of rotatable bonds is 4. The van der Waals surface area contributed by atoms with Crippen molar-refractivity contribution in [3.05, 3.63) is 0 Å². The van der Waals surface area contributed by atoms with Crippen molar-refractivity contribution in [2.75, 3.05) is 32.7 Å². The number of nitrogens with two attached hydrogens (primary N) is 1. The highest BCUT2D eigenvalue weighted by Gasteiger charge is 2.33. The molecule has 0 aromatic carbocycles. The lowest BCUT2D eigenvalue weighted by Crippen LogP contribution is -2.59. The van der Waals surface area contributed by atoms with E-state index in [1.165, 1.54) is 0 Å². The van der Waals surface area contributed by atoms with Crippen LogP contribution in [0, 0.1) is 0 Å². The predicted octanol–water partition coefficient (Wildman–Crippen LogP) is 0.145. The van der Waals surface area contributed by atoms with Crippen LogP contribution in [0.3, 0.4) is 0 Å². The van der Waals surface area contributed by atoms with E-state index in [9.17, 15) is 9.59 Å². The average Bonchev–Trinajstić information content (AvgIpc) is 3.20. The van der Waals surface area contributed by atoms with Gasteiger partial charge in [0.05, 0.1) is 6.54 Å². The second-order valence-electron chi connectivity index (χ2n) is 7.13. The average molecular weight is 312 g/mol. The molecule has 1 heterocycles. The Hall–Kier alpha value is -1.34. The van der Waals surface area contributed by atoms with Crippen molar-refractivity contribution in [1.82, 2.24) is 15.1 Å². The monoisotopic (exact) mass is 312 g/mol. The molecule has 1 saturated carbocycles. The van der Waals surface area contributed by atoms with Crippen molar-refractivity contribution >= 4 is 12.0 Å². The van der Waals surface area contributed by atoms with Gasteiger partial charge in [-0.15, -0.1) is 0 Å². The number of hydrogen-bond donors (Lipinski definition) is 2. The Bertz CT molecular complexity index is 418. The number of carbonyl (C=O) groups excluding carboxylic acids is 2. The summed E-state index contributed by atoms with van der Waals surface area (Å²) in [7, 11) is 0. The number of amides is 2. The molecule has 3 N–H and O–H groups in total. The maximum Gasteiger partial charge on any atom is 0.410 e. The fraction of sp³-hybridized carbons (Fsp3) is 0.867. The van der Waals surface area contributed by atoms with Gasteiger partial charge in [-0.25, -0.2) is 4.79 Å². The Labute approximate surface area is 132 Å². The molecule has 2 aliphatic rings. The van der Waals surface area contributed by atoms with Crippen molar-refractivity contribution in [3.63, 3.8) is 0 Å². The second-order valence-corrected chi connectivity index (χ2v) is 7.13. The predicted molar refractivity (Wildman–Crippen MR) is 83.4 cm³/mol. The lowest BCUT2D eigenvalue weighted by Gasteiger charge is -2.40. The van der Waals surface area contributed by atoms with Crippen LogP contribution in [-0.2, 0) is 9.53 Å². The quantitative estimate of drug-likeness (QED) is 0.771. The first-order chi connectivity index (χ1) is 10.3. The van der Waals surface area contributed by atoms with Gasteiger partial charge < -0.3 is 20.7 Å². The van der Waals surface area contributed by atoms with Gasteiger partial charge in [0, 0.05) is 38.3 Å². The van der Waals surface area contributed by atoms with Gasteiger partial charge in [-0.3, -0.25) is 9.69 Å². The first-order valence-corrected chi connectivity index (χ1v) is 8.00. The van der Waals surface area contributed by atoms with Crippen LogP contribution in [0.5, 0.6) is 0 Å². The third-order valence-electron chi connectivity index (χ3n) is 3.82.